The van der Waals surface area contributed by atoms with Gasteiger partial charge in [-0.15, -0.1) is 13.2 Å². The van der Waals surface area contributed by atoms with Gasteiger partial charge in [0.1, 0.15) is 11.9 Å². The Morgan fingerprint density at radius 2 is 1.87 bits per heavy atom. The minimum absolute atomic E-state index is 0.0448. The van der Waals surface area contributed by atoms with Gasteiger partial charge in [-0.1, -0.05) is 0 Å². The highest BCUT2D eigenvalue weighted by atomic mass is 19.4. The fourth-order valence-corrected chi connectivity index (χ4v) is 1.99. The second-order valence-corrected chi connectivity index (χ2v) is 4.81. The molecule has 126 valence electrons. The van der Waals surface area contributed by atoms with Crippen molar-refractivity contribution in [1.82, 2.24) is 4.90 Å². The minimum Gasteiger partial charge on any atom is -0.406 e. The van der Waals surface area contributed by atoms with E-state index in [1.807, 2.05) is 0 Å². The van der Waals surface area contributed by atoms with Gasteiger partial charge in [0.2, 0.25) is 5.96 Å². The van der Waals surface area contributed by atoms with Gasteiger partial charge >= 0.3 is 6.36 Å². The number of hydrogen-bond donors (Lipinski definition) is 2. The second-order valence-electron chi connectivity index (χ2n) is 4.81. The molecule has 2 rings (SSSR count). The number of ether oxygens (including phenoxy) is 1. The van der Waals surface area contributed by atoms with Crippen LogP contribution >= 0.6 is 0 Å². The van der Waals surface area contributed by atoms with Gasteiger partial charge in [0.05, 0.1) is 12.2 Å². The number of benzene rings is 1. The maximum atomic E-state index is 13.1. The van der Waals surface area contributed by atoms with Gasteiger partial charge < -0.3 is 21.1 Å². The Hall–Kier alpha value is -2.52. The molecule has 1 aromatic carbocycles. The fourth-order valence-electron chi connectivity index (χ4n) is 1.99. The molecule has 0 aliphatic carbocycles. The van der Waals surface area contributed by atoms with Crippen molar-refractivity contribution in [2.45, 2.75) is 19.0 Å². The van der Waals surface area contributed by atoms with E-state index in [4.69, 9.17) is 11.5 Å². The van der Waals surface area contributed by atoms with Gasteiger partial charge in [0.25, 0.3) is 0 Å². The zero-order valence-corrected chi connectivity index (χ0v) is 11.9. The molecular weight excluding hydrogens is 318 g/mol. The Morgan fingerprint density at radius 3 is 2.39 bits per heavy atom. The Labute approximate surface area is 129 Å². The number of alkyl halides is 4. The number of nitrogens with zero attached hydrogens (tertiary/aromatic N) is 3. The molecule has 0 spiro atoms. The van der Waals surface area contributed by atoms with Gasteiger partial charge in [-0.3, -0.25) is 0 Å². The molecule has 1 aliphatic heterocycles. The van der Waals surface area contributed by atoms with Gasteiger partial charge in [-0.25, -0.2) is 9.38 Å². The van der Waals surface area contributed by atoms with Crippen molar-refractivity contribution in [3.8, 4) is 5.75 Å². The van der Waals surface area contributed by atoms with Crippen molar-refractivity contribution in [3.63, 3.8) is 0 Å². The van der Waals surface area contributed by atoms with E-state index in [2.05, 4.69) is 14.7 Å². The van der Waals surface area contributed by atoms with Crippen LogP contribution < -0.4 is 16.2 Å². The molecule has 10 heteroatoms. The van der Waals surface area contributed by atoms with Crippen LogP contribution in [-0.2, 0) is 0 Å². The van der Waals surface area contributed by atoms with E-state index < -0.39 is 12.5 Å². The molecule has 6 nitrogen and oxygen atoms in total. The number of guanidine groups is 2. The van der Waals surface area contributed by atoms with Crippen molar-refractivity contribution in [2.24, 2.45) is 21.5 Å². The Kier molecular flexibility index (Phi) is 4.92. The zero-order chi connectivity index (χ0) is 17.0. The highest BCUT2D eigenvalue weighted by Gasteiger charge is 2.30. The van der Waals surface area contributed by atoms with Crippen molar-refractivity contribution < 1.29 is 22.3 Å². The maximum Gasteiger partial charge on any atom is 0.573 e. The minimum atomic E-state index is -4.76. The third kappa shape index (κ3) is 5.31. The van der Waals surface area contributed by atoms with Crippen LogP contribution in [0.25, 0.3) is 0 Å². The highest BCUT2D eigenvalue weighted by molar-refractivity contribution is 5.94. The summed E-state index contributed by atoms with van der Waals surface area (Å²) in [4.78, 5) is 9.27. The predicted molar refractivity (Wildman–Crippen MR) is 77.1 cm³/mol. The van der Waals surface area contributed by atoms with E-state index in [1.165, 1.54) is 17.0 Å². The first-order valence-electron chi connectivity index (χ1n) is 6.66. The smallest absolute Gasteiger partial charge is 0.406 e. The molecule has 4 N–H and O–H groups in total. The lowest BCUT2D eigenvalue weighted by Crippen LogP contribution is -2.37. The molecule has 1 aromatic rings. The van der Waals surface area contributed by atoms with Gasteiger partial charge in [-0.2, -0.15) is 4.99 Å². The Morgan fingerprint density at radius 1 is 1.22 bits per heavy atom. The number of nitrogens with two attached hydrogens (primary N) is 2. The summed E-state index contributed by atoms with van der Waals surface area (Å²) in [6.45, 7) is 0.583. The average molecular weight is 333 g/mol. The summed E-state index contributed by atoms with van der Waals surface area (Å²) in [7, 11) is 0. The summed E-state index contributed by atoms with van der Waals surface area (Å²) in [6.07, 6.45) is -5.34. The molecule has 0 radical (unpaired) electrons. The topological polar surface area (TPSA) is 89.2 Å². The van der Waals surface area contributed by atoms with Gasteiger partial charge in [-0.05, 0) is 30.7 Å². The van der Waals surface area contributed by atoms with Crippen LogP contribution in [0.4, 0.5) is 23.2 Å². The summed E-state index contributed by atoms with van der Waals surface area (Å²) in [5.41, 5.74) is 11.6. The quantitative estimate of drug-likeness (QED) is 0.491. The van der Waals surface area contributed by atoms with Crippen LogP contribution in [-0.4, -0.2) is 42.4 Å². The monoisotopic (exact) mass is 333 g/mol. The predicted octanol–water partition coefficient (Wildman–Crippen LogP) is 1.89. The van der Waals surface area contributed by atoms with E-state index in [9.17, 15) is 17.6 Å². The van der Waals surface area contributed by atoms with E-state index >= 15 is 0 Å². The lowest BCUT2D eigenvalue weighted by atomic mass is 10.3. The first kappa shape index (κ1) is 16.8. The van der Waals surface area contributed by atoms with Gasteiger partial charge in [0, 0.05) is 6.54 Å². The van der Waals surface area contributed by atoms with Crippen LogP contribution in [0.15, 0.2) is 34.3 Å². The van der Waals surface area contributed by atoms with Gasteiger partial charge in [0.15, 0.2) is 5.96 Å². The molecule has 1 atom stereocenters. The van der Waals surface area contributed by atoms with E-state index in [-0.39, 0.29) is 29.9 Å². The molecule has 1 aliphatic rings. The summed E-state index contributed by atoms with van der Waals surface area (Å²) in [6, 6.07) is 4.77. The number of likely N-dealkylation sites (tertiary alicyclic amines) is 1. The highest BCUT2D eigenvalue weighted by Crippen LogP contribution is 2.24. The second kappa shape index (κ2) is 6.71. The van der Waals surface area contributed by atoms with Crippen molar-refractivity contribution in [1.29, 1.82) is 0 Å². The SMILES string of the molecule is NC(=Nc1ccc(OC(F)(F)F)cc1)/N=C(\N)N1CC[C@@H](F)C1. The molecule has 1 fully saturated rings. The lowest BCUT2D eigenvalue weighted by molar-refractivity contribution is -0.274. The largest absolute Gasteiger partial charge is 0.573 e. The first-order valence-corrected chi connectivity index (χ1v) is 6.66. The van der Waals surface area contributed by atoms with E-state index in [0.717, 1.165) is 12.1 Å². The third-order valence-corrected chi connectivity index (χ3v) is 3.00. The molecule has 0 unspecified atom stereocenters. The normalized spacial score (nSPS) is 20.0. The first-order chi connectivity index (χ1) is 10.7. The summed E-state index contributed by atoms with van der Waals surface area (Å²) < 4.78 is 52.9. The molecule has 0 saturated carbocycles. The lowest BCUT2D eigenvalue weighted by Gasteiger charge is -2.15. The third-order valence-electron chi connectivity index (χ3n) is 3.00. The molecule has 0 amide bonds. The number of rotatable bonds is 2. The Balaban J connectivity index is 2.03. The maximum absolute atomic E-state index is 13.1. The molecule has 0 aromatic heterocycles. The van der Waals surface area contributed by atoms with Crippen LogP contribution in [0, 0.1) is 0 Å². The van der Waals surface area contributed by atoms with Crippen molar-refractivity contribution in [2.75, 3.05) is 13.1 Å². The van der Waals surface area contributed by atoms with E-state index in [0.29, 0.717) is 13.0 Å². The van der Waals surface area contributed by atoms with Crippen molar-refractivity contribution >= 4 is 17.6 Å². The summed E-state index contributed by atoms with van der Waals surface area (Å²) in [5, 5.41) is 0. The molecule has 23 heavy (non-hydrogen) atoms. The molecule has 1 heterocycles. The molecular formula is C13H15F4N5O. The Bertz CT molecular complexity index is 599. The standard InChI is InChI=1S/C13H15F4N5O/c14-8-5-6-22(7-8)12(19)21-11(18)20-9-1-3-10(4-2-9)23-13(15,16)17/h1-4,8H,5-7H2,(H4,18,19,20,21)/t8-/m1/s1. The fraction of sp³-hybridized carbons (Fsp3) is 0.385. The zero-order valence-electron chi connectivity index (χ0n) is 11.9. The number of hydrogen-bond acceptors (Lipinski definition) is 2. The summed E-state index contributed by atoms with van der Waals surface area (Å²) in [5.74, 6) is -0.512. The van der Waals surface area contributed by atoms with Crippen molar-refractivity contribution in [3.05, 3.63) is 24.3 Å². The van der Waals surface area contributed by atoms with Crippen LogP contribution in [0.3, 0.4) is 0 Å². The molecule has 0 bridgehead atoms. The van der Waals surface area contributed by atoms with Crippen LogP contribution in [0.5, 0.6) is 5.75 Å². The van der Waals surface area contributed by atoms with E-state index in [1.54, 1.807) is 0 Å². The van der Waals surface area contributed by atoms with Crippen LogP contribution in [0.1, 0.15) is 6.42 Å². The molecule has 1 saturated heterocycles. The number of aliphatic imine (C=N–C) groups is 2. The van der Waals surface area contributed by atoms with Crippen LogP contribution in [0.2, 0.25) is 0 Å². The summed E-state index contributed by atoms with van der Waals surface area (Å²) >= 11 is 0. The number of halogens is 4. The average Bonchev–Trinajstić information content (AvgIpc) is 2.86.